The second-order valence-corrected chi connectivity index (χ2v) is 8.13. The normalized spacial score (nSPS) is 21.8. The summed E-state index contributed by atoms with van der Waals surface area (Å²) in [5.74, 6) is 0.925. The number of rotatable bonds is 5. The largest absolute Gasteiger partial charge is 0.497 e. The zero-order chi connectivity index (χ0) is 19.5. The smallest absolute Gasteiger partial charge is 0.119 e. The van der Waals surface area contributed by atoms with Crippen LogP contribution in [0.5, 0.6) is 5.75 Å². The van der Waals surface area contributed by atoms with Crippen LogP contribution >= 0.6 is 0 Å². The molecule has 4 rings (SSSR count). The third kappa shape index (κ3) is 4.18. The Kier molecular flexibility index (Phi) is 5.87. The number of likely N-dealkylation sites (tertiary alicyclic amines) is 1. The molecule has 1 aromatic carbocycles. The predicted molar refractivity (Wildman–Crippen MR) is 113 cm³/mol. The SMILES string of the molecule is COc1ccc(N2CCN([C@H]3CCCN(Cc4cnn(C)c4C)C3)CC2)cc1. The fourth-order valence-corrected chi connectivity index (χ4v) is 4.55. The Balaban J connectivity index is 1.30. The standard InChI is InChI=1S/C22H33N5O/c1-18-19(15-23-24(18)2)16-25-10-4-5-21(17-25)27-13-11-26(12-14-27)20-6-8-22(28-3)9-7-20/h6-9,15,21H,4-5,10-14,16-17H2,1-3H3/t21-/m0/s1. The van der Waals surface area contributed by atoms with E-state index >= 15 is 0 Å². The van der Waals surface area contributed by atoms with Gasteiger partial charge in [-0.25, -0.2) is 0 Å². The van der Waals surface area contributed by atoms with Crippen molar-refractivity contribution in [2.45, 2.75) is 32.4 Å². The van der Waals surface area contributed by atoms with Gasteiger partial charge in [-0.1, -0.05) is 0 Å². The zero-order valence-electron chi connectivity index (χ0n) is 17.5. The third-order valence-corrected chi connectivity index (χ3v) is 6.48. The number of benzene rings is 1. The number of methoxy groups -OCH3 is 1. The van der Waals surface area contributed by atoms with Crippen molar-refractivity contribution in [3.63, 3.8) is 0 Å². The summed E-state index contributed by atoms with van der Waals surface area (Å²) in [5, 5.41) is 4.40. The summed E-state index contributed by atoms with van der Waals surface area (Å²) in [6.07, 6.45) is 4.65. The second-order valence-electron chi connectivity index (χ2n) is 8.13. The Morgan fingerprint density at radius 1 is 1.07 bits per heavy atom. The van der Waals surface area contributed by atoms with Crippen molar-refractivity contribution in [2.24, 2.45) is 7.05 Å². The molecule has 0 unspecified atom stereocenters. The molecule has 2 aliphatic rings. The van der Waals surface area contributed by atoms with E-state index in [4.69, 9.17) is 4.74 Å². The van der Waals surface area contributed by atoms with Gasteiger partial charge in [-0.2, -0.15) is 5.10 Å². The van der Waals surface area contributed by atoms with Crippen LogP contribution in [0.3, 0.4) is 0 Å². The second kappa shape index (κ2) is 8.53. The van der Waals surface area contributed by atoms with Gasteiger partial charge in [-0.3, -0.25) is 14.5 Å². The Morgan fingerprint density at radius 3 is 2.46 bits per heavy atom. The van der Waals surface area contributed by atoms with E-state index in [1.807, 2.05) is 17.9 Å². The number of nitrogens with zero attached hydrogens (tertiary/aromatic N) is 5. The van der Waals surface area contributed by atoms with Gasteiger partial charge in [0.15, 0.2) is 0 Å². The lowest BCUT2D eigenvalue weighted by Gasteiger charge is -2.44. The van der Waals surface area contributed by atoms with Crippen LogP contribution in [-0.4, -0.2) is 72.0 Å². The molecule has 2 fully saturated rings. The highest BCUT2D eigenvalue weighted by Gasteiger charge is 2.28. The van der Waals surface area contributed by atoms with Crippen LogP contribution in [0.1, 0.15) is 24.1 Å². The molecule has 0 aliphatic carbocycles. The lowest BCUT2D eigenvalue weighted by atomic mass is 10.0. The van der Waals surface area contributed by atoms with Gasteiger partial charge in [0, 0.05) is 69.3 Å². The lowest BCUT2D eigenvalue weighted by molar-refractivity contribution is 0.0886. The van der Waals surface area contributed by atoms with E-state index in [1.54, 1.807) is 7.11 Å². The third-order valence-electron chi connectivity index (χ3n) is 6.48. The molecule has 3 heterocycles. The van der Waals surface area contributed by atoms with E-state index in [1.165, 1.54) is 42.9 Å². The van der Waals surface area contributed by atoms with E-state index in [0.29, 0.717) is 6.04 Å². The Morgan fingerprint density at radius 2 is 1.82 bits per heavy atom. The monoisotopic (exact) mass is 383 g/mol. The fourth-order valence-electron chi connectivity index (χ4n) is 4.55. The molecule has 2 aromatic rings. The number of anilines is 1. The van der Waals surface area contributed by atoms with Crippen molar-refractivity contribution in [2.75, 3.05) is 51.3 Å². The van der Waals surface area contributed by atoms with Crippen LogP contribution in [-0.2, 0) is 13.6 Å². The zero-order valence-corrected chi connectivity index (χ0v) is 17.5. The highest BCUT2D eigenvalue weighted by atomic mass is 16.5. The maximum absolute atomic E-state index is 5.28. The average molecular weight is 384 g/mol. The number of hydrogen-bond acceptors (Lipinski definition) is 5. The first kappa shape index (κ1) is 19.3. The molecule has 0 spiro atoms. The highest BCUT2D eigenvalue weighted by molar-refractivity contribution is 5.49. The molecule has 6 heteroatoms. The number of ether oxygens (including phenoxy) is 1. The van der Waals surface area contributed by atoms with Crippen molar-refractivity contribution in [1.29, 1.82) is 0 Å². The molecule has 1 atom stereocenters. The molecule has 2 saturated heterocycles. The molecule has 0 bridgehead atoms. The van der Waals surface area contributed by atoms with Gasteiger partial charge in [0.2, 0.25) is 0 Å². The van der Waals surface area contributed by atoms with Crippen molar-refractivity contribution in [3.8, 4) is 5.75 Å². The Labute approximate surface area is 168 Å². The molecule has 2 aliphatic heterocycles. The number of aryl methyl sites for hydroxylation is 1. The summed E-state index contributed by atoms with van der Waals surface area (Å²) < 4.78 is 7.26. The quantitative estimate of drug-likeness (QED) is 0.793. The van der Waals surface area contributed by atoms with Crippen LogP contribution in [0.15, 0.2) is 30.5 Å². The highest BCUT2D eigenvalue weighted by Crippen LogP contribution is 2.24. The van der Waals surface area contributed by atoms with Crippen molar-refractivity contribution < 1.29 is 4.74 Å². The van der Waals surface area contributed by atoms with E-state index < -0.39 is 0 Å². The number of hydrogen-bond donors (Lipinski definition) is 0. The minimum absolute atomic E-state index is 0.684. The maximum Gasteiger partial charge on any atom is 0.119 e. The van der Waals surface area contributed by atoms with Gasteiger partial charge in [-0.05, 0) is 50.6 Å². The molecule has 0 radical (unpaired) electrons. The average Bonchev–Trinajstić information content (AvgIpc) is 3.06. The molecule has 0 amide bonds. The maximum atomic E-state index is 5.28. The summed E-state index contributed by atoms with van der Waals surface area (Å²) in [4.78, 5) is 7.83. The Bertz CT molecular complexity index is 764. The first-order valence-electron chi connectivity index (χ1n) is 10.5. The summed E-state index contributed by atoms with van der Waals surface area (Å²) in [6.45, 7) is 10.1. The molecule has 6 nitrogen and oxygen atoms in total. The van der Waals surface area contributed by atoms with Crippen molar-refractivity contribution in [1.82, 2.24) is 19.6 Å². The number of aromatic nitrogens is 2. The van der Waals surface area contributed by atoms with E-state index in [2.05, 4.69) is 51.0 Å². The summed E-state index contributed by atoms with van der Waals surface area (Å²) >= 11 is 0. The van der Waals surface area contributed by atoms with Crippen LogP contribution in [0.25, 0.3) is 0 Å². The van der Waals surface area contributed by atoms with Crippen molar-refractivity contribution in [3.05, 3.63) is 41.7 Å². The first-order chi connectivity index (χ1) is 13.6. The number of piperazine rings is 1. The molecule has 0 N–H and O–H groups in total. The van der Waals surface area contributed by atoms with E-state index in [9.17, 15) is 0 Å². The van der Waals surface area contributed by atoms with Crippen LogP contribution < -0.4 is 9.64 Å². The topological polar surface area (TPSA) is 36.8 Å². The number of piperidine rings is 1. The van der Waals surface area contributed by atoms with E-state index in [-0.39, 0.29) is 0 Å². The van der Waals surface area contributed by atoms with Gasteiger partial charge < -0.3 is 9.64 Å². The lowest BCUT2D eigenvalue weighted by Crippen LogP contribution is -2.55. The van der Waals surface area contributed by atoms with Crippen molar-refractivity contribution >= 4 is 5.69 Å². The predicted octanol–water partition coefficient (Wildman–Crippen LogP) is 2.52. The molecular weight excluding hydrogens is 350 g/mol. The van der Waals surface area contributed by atoms with E-state index in [0.717, 1.165) is 38.5 Å². The van der Waals surface area contributed by atoms with Gasteiger partial charge >= 0.3 is 0 Å². The first-order valence-corrected chi connectivity index (χ1v) is 10.5. The molecular formula is C22H33N5O. The van der Waals surface area contributed by atoms with Gasteiger partial charge in [0.05, 0.1) is 13.3 Å². The minimum Gasteiger partial charge on any atom is -0.497 e. The molecule has 28 heavy (non-hydrogen) atoms. The van der Waals surface area contributed by atoms with Crippen LogP contribution in [0, 0.1) is 6.92 Å². The molecule has 1 aromatic heterocycles. The summed E-state index contributed by atoms with van der Waals surface area (Å²) in [5.41, 5.74) is 3.96. The summed E-state index contributed by atoms with van der Waals surface area (Å²) in [6, 6.07) is 9.14. The van der Waals surface area contributed by atoms with Gasteiger partial charge in [-0.15, -0.1) is 0 Å². The summed E-state index contributed by atoms with van der Waals surface area (Å²) in [7, 11) is 3.75. The fraction of sp³-hybridized carbons (Fsp3) is 0.591. The minimum atomic E-state index is 0.684. The molecule has 152 valence electrons. The van der Waals surface area contributed by atoms with Crippen LogP contribution in [0.4, 0.5) is 5.69 Å². The van der Waals surface area contributed by atoms with Gasteiger partial charge in [0.1, 0.15) is 5.75 Å². The van der Waals surface area contributed by atoms with Gasteiger partial charge in [0.25, 0.3) is 0 Å². The Hall–Kier alpha value is -2.05. The van der Waals surface area contributed by atoms with Crippen LogP contribution in [0.2, 0.25) is 0 Å². The molecule has 0 saturated carbocycles.